The molecule has 0 aliphatic carbocycles. The van der Waals surface area contributed by atoms with E-state index in [-0.39, 0.29) is 0 Å². The molecule has 0 radical (unpaired) electrons. The monoisotopic (exact) mass is 443 g/mol. The Balaban J connectivity index is 1.58. The Hall–Kier alpha value is -2.20. The molecule has 0 aromatic heterocycles. The maximum absolute atomic E-state index is 6.53. The van der Waals surface area contributed by atoms with E-state index in [0.29, 0.717) is 40.7 Å². The summed E-state index contributed by atoms with van der Waals surface area (Å²) in [6, 6.07) is 22.2. The number of aryl methyl sites for hydroxylation is 1. The van der Waals surface area contributed by atoms with Gasteiger partial charge in [-0.05, 0) is 43.0 Å². The second kappa shape index (κ2) is 11.3. The van der Waals surface area contributed by atoms with Crippen molar-refractivity contribution in [3.8, 4) is 11.5 Å². The van der Waals surface area contributed by atoms with E-state index in [2.05, 4.69) is 36.5 Å². The predicted octanol–water partition coefficient (Wildman–Crippen LogP) is 6.69. The molecule has 0 spiro atoms. The van der Waals surface area contributed by atoms with E-state index < -0.39 is 0 Å². The Morgan fingerprint density at radius 1 is 0.867 bits per heavy atom. The Morgan fingerprint density at radius 2 is 1.60 bits per heavy atom. The third-order valence-corrected chi connectivity index (χ3v) is 5.74. The molecule has 0 fully saturated rings. The molecule has 3 nitrogen and oxygen atoms in total. The first-order chi connectivity index (χ1) is 14.6. The van der Waals surface area contributed by atoms with Gasteiger partial charge in [-0.2, -0.15) is 0 Å². The zero-order valence-corrected chi connectivity index (χ0v) is 18.8. The van der Waals surface area contributed by atoms with Gasteiger partial charge in [0.05, 0.1) is 7.11 Å². The van der Waals surface area contributed by atoms with Crippen LogP contribution in [0.2, 0.25) is 10.0 Å². The van der Waals surface area contributed by atoms with Crippen LogP contribution in [0.5, 0.6) is 11.5 Å². The lowest BCUT2D eigenvalue weighted by atomic mass is 10.1. The van der Waals surface area contributed by atoms with E-state index in [4.69, 9.17) is 32.7 Å². The van der Waals surface area contributed by atoms with Crippen molar-refractivity contribution in [3.05, 3.63) is 93.5 Å². The Kier molecular flexibility index (Phi) is 8.44. The van der Waals surface area contributed by atoms with Gasteiger partial charge in [0.1, 0.15) is 6.61 Å². The van der Waals surface area contributed by atoms with Gasteiger partial charge in [-0.25, -0.2) is 0 Å². The van der Waals surface area contributed by atoms with Crippen LogP contribution in [0.1, 0.15) is 30.0 Å². The SMILES string of the molecule is COc1cc(CNC(C)CCc2ccccc2)c(Cl)cc1OCc1ccccc1Cl. The third-order valence-electron chi connectivity index (χ3n) is 5.02. The highest BCUT2D eigenvalue weighted by Crippen LogP contribution is 2.34. The van der Waals surface area contributed by atoms with Gasteiger partial charge in [-0.15, -0.1) is 0 Å². The van der Waals surface area contributed by atoms with Gasteiger partial charge in [-0.3, -0.25) is 0 Å². The van der Waals surface area contributed by atoms with Crippen molar-refractivity contribution in [2.75, 3.05) is 7.11 Å². The highest BCUT2D eigenvalue weighted by Gasteiger charge is 2.13. The highest BCUT2D eigenvalue weighted by molar-refractivity contribution is 6.31. The van der Waals surface area contributed by atoms with Crippen LogP contribution in [-0.2, 0) is 19.6 Å². The van der Waals surface area contributed by atoms with Crippen LogP contribution in [0.25, 0.3) is 0 Å². The lowest BCUT2D eigenvalue weighted by molar-refractivity contribution is 0.284. The summed E-state index contributed by atoms with van der Waals surface area (Å²) in [4.78, 5) is 0. The molecule has 0 aliphatic heterocycles. The molecule has 5 heteroatoms. The van der Waals surface area contributed by atoms with Gasteiger partial charge >= 0.3 is 0 Å². The minimum Gasteiger partial charge on any atom is -0.493 e. The number of nitrogens with one attached hydrogen (secondary N) is 1. The molecule has 0 bridgehead atoms. The minimum atomic E-state index is 0.348. The van der Waals surface area contributed by atoms with Crippen molar-refractivity contribution >= 4 is 23.2 Å². The summed E-state index contributed by atoms with van der Waals surface area (Å²) < 4.78 is 11.5. The smallest absolute Gasteiger partial charge is 0.163 e. The summed E-state index contributed by atoms with van der Waals surface area (Å²) in [6.07, 6.45) is 2.10. The van der Waals surface area contributed by atoms with Gasteiger partial charge in [0.2, 0.25) is 0 Å². The average Bonchev–Trinajstić information content (AvgIpc) is 2.77. The van der Waals surface area contributed by atoms with Crippen LogP contribution in [-0.4, -0.2) is 13.2 Å². The van der Waals surface area contributed by atoms with Crippen LogP contribution in [0, 0.1) is 0 Å². The Bertz CT molecular complexity index is 947. The van der Waals surface area contributed by atoms with Crippen molar-refractivity contribution in [3.63, 3.8) is 0 Å². The molecule has 3 rings (SSSR count). The van der Waals surface area contributed by atoms with Crippen molar-refractivity contribution in [1.82, 2.24) is 5.32 Å². The average molecular weight is 444 g/mol. The fourth-order valence-electron chi connectivity index (χ4n) is 3.17. The lowest BCUT2D eigenvalue weighted by Gasteiger charge is -2.17. The molecular weight excluding hydrogens is 417 g/mol. The van der Waals surface area contributed by atoms with E-state index in [0.717, 1.165) is 24.0 Å². The van der Waals surface area contributed by atoms with E-state index in [1.54, 1.807) is 7.11 Å². The largest absolute Gasteiger partial charge is 0.493 e. The number of halogens is 2. The molecule has 0 aliphatic rings. The first kappa shape index (κ1) is 22.5. The molecule has 1 N–H and O–H groups in total. The molecule has 0 saturated carbocycles. The van der Waals surface area contributed by atoms with Gasteiger partial charge in [-0.1, -0.05) is 71.7 Å². The highest BCUT2D eigenvalue weighted by atomic mass is 35.5. The van der Waals surface area contributed by atoms with Crippen molar-refractivity contribution < 1.29 is 9.47 Å². The van der Waals surface area contributed by atoms with Crippen molar-refractivity contribution in [1.29, 1.82) is 0 Å². The molecule has 3 aromatic carbocycles. The maximum Gasteiger partial charge on any atom is 0.163 e. The molecule has 0 saturated heterocycles. The molecule has 1 atom stereocenters. The number of rotatable bonds is 10. The standard InChI is InChI=1S/C25H27Cl2NO2/c1-18(12-13-19-8-4-3-5-9-19)28-16-21-14-24(29-2)25(15-23(21)27)30-17-20-10-6-7-11-22(20)26/h3-11,14-15,18,28H,12-13,16-17H2,1-2H3. The second-order valence-electron chi connectivity index (χ2n) is 7.28. The van der Waals surface area contributed by atoms with Crippen LogP contribution >= 0.6 is 23.2 Å². The number of methoxy groups -OCH3 is 1. The van der Waals surface area contributed by atoms with E-state index in [1.807, 2.05) is 42.5 Å². The van der Waals surface area contributed by atoms with Gasteiger partial charge < -0.3 is 14.8 Å². The normalized spacial score (nSPS) is 11.9. The van der Waals surface area contributed by atoms with Crippen molar-refractivity contribution in [2.24, 2.45) is 0 Å². The van der Waals surface area contributed by atoms with Gasteiger partial charge in [0.25, 0.3) is 0 Å². The summed E-state index contributed by atoms with van der Waals surface area (Å²) in [5.41, 5.74) is 3.24. The molecular formula is C25H27Cl2NO2. The van der Waals surface area contributed by atoms with Crippen LogP contribution in [0.3, 0.4) is 0 Å². The third kappa shape index (κ3) is 6.40. The zero-order valence-electron chi connectivity index (χ0n) is 17.3. The number of benzene rings is 3. The first-order valence-corrected chi connectivity index (χ1v) is 10.8. The van der Waals surface area contributed by atoms with E-state index in [9.17, 15) is 0 Å². The molecule has 1 unspecified atom stereocenters. The summed E-state index contributed by atoms with van der Waals surface area (Å²) >= 11 is 12.7. The number of hydrogen-bond donors (Lipinski definition) is 1. The zero-order chi connectivity index (χ0) is 21.3. The topological polar surface area (TPSA) is 30.5 Å². The maximum atomic E-state index is 6.53. The summed E-state index contributed by atoms with van der Waals surface area (Å²) in [5.74, 6) is 1.25. The predicted molar refractivity (Wildman–Crippen MR) is 125 cm³/mol. The number of hydrogen-bond acceptors (Lipinski definition) is 3. The lowest BCUT2D eigenvalue weighted by Crippen LogP contribution is -2.26. The summed E-state index contributed by atoms with van der Waals surface area (Å²) in [7, 11) is 1.63. The summed E-state index contributed by atoms with van der Waals surface area (Å²) in [6.45, 7) is 3.20. The fourth-order valence-corrected chi connectivity index (χ4v) is 3.58. The Labute approximate surface area is 188 Å². The van der Waals surface area contributed by atoms with Crippen LogP contribution in [0.15, 0.2) is 66.7 Å². The quantitative estimate of drug-likeness (QED) is 0.378. The van der Waals surface area contributed by atoms with Crippen LogP contribution < -0.4 is 14.8 Å². The molecule has 3 aromatic rings. The van der Waals surface area contributed by atoms with Gasteiger partial charge in [0.15, 0.2) is 11.5 Å². The Morgan fingerprint density at radius 3 is 2.33 bits per heavy atom. The molecule has 0 amide bonds. The molecule has 158 valence electrons. The van der Waals surface area contributed by atoms with E-state index in [1.165, 1.54) is 5.56 Å². The van der Waals surface area contributed by atoms with Crippen LogP contribution in [0.4, 0.5) is 0 Å². The minimum absolute atomic E-state index is 0.348. The van der Waals surface area contributed by atoms with Crippen molar-refractivity contribution in [2.45, 2.75) is 39.0 Å². The summed E-state index contributed by atoms with van der Waals surface area (Å²) in [5, 5.41) is 4.87. The molecule has 0 heterocycles. The number of ether oxygens (including phenoxy) is 2. The first-order valence-electron chi connectivity index (χ1n) is 10.1. The molecule has 30 heavy (non-hydrogen) atoms. The second-order valence-corrected chi connectivity index (χ2v) is 8.10. The van der Waals surface area contributed by atoms with E-state index >= 15 is 0 Å². The van der Waals surface area contributed by atoms with Gasteiger partial charge in [0, 0.05) is 34.3 Å². The fraction of sp³-hybridized carbons (Fsp3) is 0.280.